The standard InChI is InChI=1S/C43H49F3N2O11/c1-41(2,3)58-36(51)18-16-32(23-49)48-39(53)28-6-4-5-26(19-28)22-47-38(52)29-20-33(37-34(21-29)57-43(59-37,30-12-13-30)31-14-15-31)56-40(54)27-10-7-25(8-11-27)9-17-35(50)55-24-42(44,45)46/h4-11,17,19,21,30-34,37,49H,12-16,18,20,22-24H2,1-3H3,(H,47,52)(H,48,53). The highest BCUT2D eigenvalue weighted by molar-refractivity contribution is 5.95. The van der Waals surface area contributed by atoms with Crippen molar-refractivity contribution in [1.82, 2.24) is 10.6 Å². The number of rotatable bonds is 16. The van der Waals surface area contributed by atoms with Gasteiger partial charge in [0.15, 0.2) is 12.4 Å². The van der Waals surface area contributed by atoms with E-state index >= 15 is 0 Å². The number of aliphatic hydroxyl groups excluding tert-OH is 1. The first-order valence-corrected chi connectivity index (χ1v) is 19.7. The molecule has 4 unspecified atom stereocenters. The van der Waals surface area contributed by atoms with Crippen molar-refractivity contribution in [2.75, 3.05) is 13.2 Å². The van der Waals surface area contributed by atoms with Crippen LogP contribution in [-0.4, -0.2) is 90.0 Å². The normalized spacial score (nSPS) is 21.8. The molecule has 1 heterocycles. The van der Waals surface area contributed by atoms with Crippen LogP contribution in [0.15, 0.2) is 66.3 Å². The van der Waals surface area contributed by atoms with Gasteiger partial charge in [0.05, 0.1) is 18.2 Å². The Kier molecular flexibility index (Phi) is 13.3. The van der Waals surface area contributed by atoms with Crippen LogP contribution in [-0.2, 0) is 44.6 Å². The fourth-order valence-corrected chi connectivity index (χ4v) is 7.15. The maximum atomic E-state index is 13.7. The molecule has 1 saturated heterocycles. The number of benzene rings is 2. The van der Waals surface area contributed by atoms with Crippen LogP contribution in [0.3, 0.4) is 0 Å². The van der Waals surface area contributed by atoms with Crippen LogP contribution in [0.5, 0.6) is 0 Å². The molecule has 0 aromatic heterocycles. The molecular formula is C43H49F3N2O11. The molecule has 2 amide bonds. The Bertz CT molecular complexity index is 1940. The molecular weight excluding hydrogens is 777 g/mol. The van der Waals surface area contributed by atoms with Gasteiger partial charge in [0, 0.05) is 48.4 Å². The predicted molar refractivity (Wildman–Crippen MR) is 204 cm³/mol. The molecule has 3 fully saturated rings. The number of aliphatic hydroxyl groups is 1. The second kappa shape index (κ2) is 18.1. The van der Waals surface area contributed by atoms with E-state index in [2.05, 4.69) is 15.4 Å². The van der Waals surface area contributed by atoms with Crippen molar-refractivity contribution in [3.63, 3.8) is 0 Å². The molecule has 2 aromatic carbocycles. The third kappa shape index (κ3) is 12.0. The minimum Gasteiger partial charge on any atom is -0.460 e. The van der Waals surface area contributed by atoms with Crippen molar-refractivity contribution in [2.24, 2.45) is 11.8 Å². The molecule has 3 N–H and O–H groups in total. The van der Waals surface area contributed by atoms with Crippen LogP contribution in [0, 0.1) is 11.8 Å². The molecule has 4 atom stereocenters. The smallest absolute Gasteiger partial charge is 0.422 e. The molecule has 16 heteroatoms. The molecule has 0 bridgehead atoms. The second-order valence-electron chi connectivity index (χ2n) is 16.3. The quantitative estimate of drug-likeness (QED) is 0.111. The summed E-state index contributed by atoms with van der Waals surface area (Å²) in [4.78, 5) is 64.1. The average molecular weight is 827 g/mol. The molecule has 0 spiro atoms. The summed E-state index contributed by atoms with van der Waals surface area (Å²) in [7, 11) is 0. The Morgan fingerprint density at radius 1 is 0.949 bits per heavy atom. The maximum Gasteiger partial charge on any atom is 0.422 e. The van der Waals surface area contributed by atoms with Crippen LogP contribution in [0.2, 0.25) is 0 Å². The van der Waals surface area contributed by atoms with Crippen LogP contribution < -0.4 is 10.6 Å². The molecule has 2 saturated carbocycles. The minimum atomic E-state index is -4.65. The summed E-state index contributed by atoms with van der Waals surface area (Å²) in [6.07, 6.45) is 0.989. The van der Waals surface area contributed by atoms with Crippen molar-refractivity contribution >= 4 is 35.8 Å². The zero-order valence-corrected chi connectivity index (χ0v) is 33.0. The molecule has 3 aliphatic carbocycles. The maximum absolute atomic E-state index is 13.7. The van der Waals surface area contributed by atoms with Crippen molar-refractivity contribution in [3.05, 3.63) is 88.5 Å². The summed E-state index contributed by atoms with van der Waals surface area (Å²) in [5.41, 5.74) is 1.17. The average Bonchev–Trinajstić information content (AvgIpc) is 4.14. The van der Waals surface area contributed by atoms with Gasteiger partial charge in [-0.2, -0.15) is 13.2 Å². The van der Waals surface area contributed by atoms with E-state index in [0.29, 0.717) is 22.3 Å². The van der Waals surface area contributed by atoms with Crippen molar-refractivity contribution in [3.8, 4) is 0 Å². The van der Waals surface area contributed by atoms with Gasteiger partial charge in [-0.15, -0.1) is 0 Å². The summed E-state index contributed by atoms with van der Waals surface area (Å²) >= 11 is 0. The van der Waals surface area contributed by atoms with E-state index in [0.717, 1.165) is 31.8 Å². The van der Waals surface area contributed by atoms with Gasteiger partial charge in [-0.3, -0.25) is 14.4 Å². The lowest BCUT2D eigenvalue weighted by molar-refractivity contribution is -0.209. The number of hydrogen-bond acceptors (Lipinski definition) is 11. The summed E-state index contributed by atoms with van der Waals surface area (Å²) in [6.45, 7) is 3.24. The molecule has 0 radical (unpaired) electrons. The Morgan fingerprint density at radius 2 is 1.64 bits per heavy atom. The van der Waals surface area contributed by atoms with Crippen LogP contribution in [0.1, 0.15) is 97.6 Å². The van der Waals surface area contributed by atoms with Crippen LogP contribution >= 0.6 is 0 Å². The van der Waals surface area contributed by atoms with Gasteiger partial charge in [-0.05, 0) is 100 Å². The highest BCUT2D eigenvalue weighted by atomic mass is 19.4. The third-order valence-electron chi connectivity index (χ3n) is 10.2. The predicted octanol–water partition coefficient (Wildman–Crippen LogP) is 5.49. The number of fused-ring (bicyclic) bond motifs is 1. The minimum absolute atomic E-state index is 0.0125. The SMILES string of the molecule is CC(C)(C)OC(=O)CCC(CO)NC(=O)c1cccc(CNC(=O)C2=CC3OC(C4CC4)(C4CC4)OC3C(OC(=O)c3ccc(C=CC(=O)OCC(F)(F)F)cc3)C2)c1. The second-order valence-corrected chi connectivity index (χ2v) is 16.3. The first kappa shape index (κ1) is 43.5. The monoisotopic (exact) mass is 826 g/mol. The van der Waals surface area contributed by atoms with Crippen LogP contribution in [0.4, 0.5) is 13.2 Å². The number of halogens is 3. The number of ether oxygens (including phenoxy) is 5. The van der Waals surface area contributed by atoms with Gasteiger partial charge < -0.3 is 39.4 Å². The Labute approximate surface area is 339 Å². The van der Waals surface area contributed by atoms with E-state index in [1.54, 1.807) is 51.1 Å². The Hall–Kier alpha value is -5.06. The zero-order chi connectivity index (χ0) is 42.5. The van der Waals surface area contributed by atoms with Crippen molar-refractivity contribution in [1.29, 1.82) is 0 Å². The van der Waals surface area contributed by atoms with Gasteiger partial charge in [0.25, 0.3) is 5.91 Å². The fraction of sp³-hybridized carbons (Fsp3) is 0.512. The molecule has 59 heavy (non-hydrogen) atoms. The molecule has 318 valence electrons. The topological polar surface area (TPSA) is 176 Å². The van der Waals surface area contributed by atoms with Gasteiger partial charge in [-0.1, -0.05) is 24.3 Å². The first-order chi connectivity index (χ1) is 27.9. The summed E-state index contributed by atoms with van der Waals surface area (Å²) in [5.74, 6) is -3.60. The summed E-state index contributed by atoms with van der Waals surface area (Å²) in [6, 6.07) is 11.8. The van der Waals surface area contributed by atoms with Crippen LogP contribution in [0.25, 0.3) is 6.08 Å². The molecule has 6 rings (SSSR count). The highest BCUT2D eigenvalue weighted by Gasteiger charge is 2.64. The summed E-state index contributed by atoms with van der Waals surface area (Å²) in [5, 5.41) is 15.5. The number of carbonyl (C=O) groups excluding carboxylic acids is 5. The third-order valence-corrected chi connectivity index (χ3v) is 10.2. The molecule has 4 aliphatic rings. The van der Waals surface area contributed by atoms with Crippen molar-refractivity contribution < 1.29 is 65.9 Å². The number of alkyl halides is 3. The number of esters is 3. The van der Waals surface area contributed by atoms with E-state index in [-0.39, 0.29) is 49.8 Å². The zero-order valence-electron chi connectivity index (χ0n) is 33.0. The fourth-order valence-electron chi connectivity index (χ4n) is 7.15. The number of nitrogens with one attached hydrogen (secondary N) is 2. The first-order valence-electron chi connectivity index (χ1n) is 19.7. The molecule has 1 aliphatic heterocycles. The number of hydrogen-bond donors (Lipinski definition) is 3. The van der Waals surface area contributed by atoms with Gasteiger partial charge in [0.2, 0.25) is 5.91 Å². The van der Waals surface area contributed by atoms with E-state index in [1.165, 1.54) is 30.3 Å². The molecule has 13 nitrogen and oxygen atoms in total. The lowest BCUT2D eigenvalue weighted by atomic mass is 9.91. The molecule has 2 aromatic rings. The van der Waals surface area contributed by atoms with Gasteiger partial charge in [-0.25, -0.2) is 9.59 Å². The van der Waals surface area contributed by atoms with Gasteiger partial charge in [0.1, 0.15) is 23.9 Å². The lowest BCUT2D eigenvalue weighted by Crippen LogP contribution is -2.44. The van der Waals surface area contributed by atoms with Crippen molar-refractivity contribution in [2.45, 2.75) is 114 Å². The summed E-state index contributed by atoms with van der Waals surface area (Å²) < 4.78 is 65.8. The number of amides is 2. The lowest BCUT2D eigenvalue weighted by Gasteiger charge is -2.31. The Balaban J connectivity index is 1.08. The Morgan fingerprint density at radius 3 is 2.27 bits per heavy atom. The van der Waals surface area contributed by atoms with E-state index in [9.17, 15) is 42.3 Å². The van der Waals surface area contributed by atoms with Gasteiger partial charge >= 0.3 is 24.1 Å². The largest absolute Gasteiger partial charge is 0.460 e. The number of carbonyl (C=O) groups is 5. The van der Waals surface area contributed by atoms with E-state index < -0.39 is 78.2 Å². The van der Waals surface area contributed by atoms with E-state index in [1.807, 2.05) is 0 Å². The van der Waals surface area contributed by atoms with E-state index in [4.69, 9.17) is 18.9 Å². The highest BCUT2D eigenvalue weighted by Crippen LogP contribution is 2.59.